The monoisotopic (exact) mass is 617 g/mol. The number of carbonyl (C=O) groups is 2. The number of aromatic nitrogens is 1. The minimum absolute atomic E-state index is 0.00568. The number of halogens is 3. The zero-order valence-electron chi connectivity index (χ0n) is 24.0. The number of nitrogens with zero attached hydrogens (tertiary/aromatic N) is 4. The molecule has 2 saturated heterocycles. The van der Waals surface area contributed by atoms with Gasteiger partial charge in [-0.25, -0.2) is 22.9 Å². The van der Waals surface area contributed by atoms with Crippen LogP contribution in [0.15, 0.2) is 46.0 Å². The Hall–Kier alpha value is -3.29. The number of amidine groups is 1. The average molecular weight is 618 g/mol. The molecule has 3 fully saturated rings. The summed E-state index contributed by atoms with van der Waals surface area (Å²) in [5.74, 6) is -4.68. The summed E-state index contributed by atoms with van der Waals surface area (Å²) in [4.78, 5) is 37.5. The van der Waals surface area contributed by atoms with Crippen molar-refractivity contribution in [1.82, 2.24) is 20.1 Å². The summed E-state index contributed by atoms with van der Waals surface area (Å²) >= 11 is 1.33. The summed E-state index contributed by atoms with van der Waals surface area (Å²) in [7, 11) is 0. The minimum Gasteiger partial charge on any atom is -0.481 e. The van der Waals surface area contributed by atoms with Gasteiger partial charge in [-0.15, -0.1) is 11.3 Å². The maximum absolute atomic E-state index is 15.7. The Kier molecular flexibility index (Phi) is 7.84. The number of aliphatic carboxylic acids is 1. The quantitative estimate of drug-likeness (QED) is 0.383. The van der Waals surface area contributed by atoms with Crippen LogP contribution >= 0.6 is 11.3 Å². The van der Waals surface area contributed by atoms with Gasteiger partial charge < -0.3 is 15.2 Å². The molecule has 4 heterocycles. The molecular weight excluding hydrogens is 583 g/mol. The Morgan fingerprint density at radius 1 is 1.26 bits per heavy atom. The van der Waals surface area contributed by atoms with Gasteiger partial charge in [0, 0.05) is 43.0 Å². The van der Waals surface area contributed by atoms with Gasteiger partial charge in [0.05, 0.1) is 31.2 Å². The number of carbonyl (C=O) groups excluding carboxylic acids is 1. The van der Waals surface area contributed by atoms with Crippen LogP contribution in [0.3, 0.4) is 0 Å². The fraction of sp³-hybridized carbons (Fsp3) is 0.533. The third-order valence-corrected chi connectivity index (χ3v) is 9.81. The number of carboxylic acids is 1. The second-order valence-corrected chi connectivity index (χ2v) is 12.8. The van der Waals surface area contributed by atoms with Gasteiger partial charge in [-0.05, 0) is 55.7 Å². The van der Waals surface area contributed by atoms with E-state index in [0.29, 0.717) is 47.2 Å². The normalized spacial score (nSPS) is 26.2. The smallest absolute Gasteiger partial charge is 0.338 e. The third-order valence-electron chi connectivity index (χ3n) is 9.03. The SMILES string of the molecule is CCOC(=O)C1=C(CN2CC(F)(F)[C@H]3[C@@H]2CCN3CC2(CC(=O)O)CC2)NC(c2nccs2)=N[C@H]1c1cccc(F)c1C. The van der Waals surface area contributed by atoms with Gasteiger partial charge in [0.25, 0.3) is 5.92 Å². The van der Waals surface area contributed by atoms with Gasteiger partial charge in [-0.1, -0.05) is 12.1 Å². The van der Waals surface area contributed by atoms with Crippen LogP contribution in [-0.2, 0) is 14.3 Å². The first-order chi connectivity index (χ1) is 20.5. The zero-order valence-corrected chi connectivity index (χ0v) is 24.8. The molecule has 1 aromatic heterocycles. The molecule has 2 N–H and O–H groups in total. The van der Waals surface area contributed by atoms with E-state index in [4.69, 9.17) is 9.73 Å². The predicted octanol–water partition coefficient (Wildman–Crippen LogP) is 4.15. The van der Waals surface area contributed by atoms with Crippen molar-refractivity contribution in [2.45, 2.75) is 63.6 Å². The molecule has 9 nitrogen and oxygen atoms in total. The molecular formula is C30H34F3N5O4S. The van der Waals surface area contributed by atoms with Crippen LogP contribution in [0.25, 0.3) is 0 Å². The Labute approximate surface area is 251 Å². The first kappa shape index (κ1) is 29.8. The molecule has 3 aliphatic heterocycles. The molecule has 2 aromatic rings. The molecule has 4 aliphatic rings. The number of rotatable bonds is 10. The van der Waals surface area contributed by atoms with Gasteiger partial charge in [0.2, 0.25) is 0 Å². The van der Waals surface area contributed by atoms with Crippen LogP contribution in [0.4, 0.5) is 13.2 Å². The molecule has 0 spiro atoms. The van der Waals surface area contributed by atoms with Crippen molar-refractivity contribution in [2.24, 2.45) is 10.4 Å². The Morgan fingerprint density at radius 2 is 2.05 bits per heavy atom. The Morgan fingerprint density at radius 3 is 2.72 bits per heavy atom. The number of ether oxygens (including phenoxy) is 1. The largest absolute Gasteiger partial charge is 0.481 e. The van der Waals surface area contributed by atoms with Crippen molar-refractivity contribution < 1.29 is 32.6 Å². The van der Waals surface area contributed by atoms with E-state index in [2.05, 4.69) is 10.3 Å². The molecule has 0 amide bonds. The first-order valence-electron chi connectivity index (χ1n) is 14.5. The van der Waals surface area contributed by atoms with E-state index in [9.17, 15) is 19.1 Å². The van der Waals surface area contributed by atoms with E-state index in [1.807, 2.05) is 0 Å². The molecule has 13 heteroatoms. The standard InChI is InChI=1S/C30H34F3N5O4S/c1-3-42-28(41)23-20(35-26(27-34-10-12-43-27)36-24(23)18-5-4-6-19(31)17(18)2)14-38-16-30(32,33)25-21(38)7-11-37(25)15-29(8-9-29)13-22(39)40/h4-6,10,12,21,24-25H,3,7-9,11,13-16H2,1-2H3,(H,35,36)(H,39,40)/t21-,24-,25+/m0/s1. The number of nitrogens with one attached hydrogen (secondary N) is 1. The van der Waals surface area contributed by atoms with E-state index in [1.54, 1.807) is 47.4 Å². The van der Waals surface area contributed by atoms with E-state index in [-0.39, 0.29) is 25.1 Å². The highest BCUT2D eigenvalue weighted by molar-refractivity contribution is 7.11. The maximum atomic E-state index is 15.7. The minimum atomic E-state index is -3.04. The van der Waals surface area contributed by atoms with Gasteiger partial charge in [-0.3, -0.25) is 19.6 Å². The number of likely N-dealkylation sites (tertiary alicyclic amines) is 2. The number of alkyl halides is 2. The molecule has 6 rings (SSSR count). The number of carboxylic acid groups (broad SMARTS) is 1. The van der Waals surface area contributed by atoms with Crippen molar-refractivity contribution in [1.29, 1.82) is 0 Å². The molecule has 0 radical (unpaired) electrons. The van der Waals surface area contributed by atoms with Crippen molar-refractivity contribution in [2.75, 3.05) is 32.8 Å². The highest BCUT2D eigenvalue weighted by Crippen LogP contribution is 2.52. The number of benzene rings is 1. The van der Waals surface area contributed by atoms with Crippen LogP contribution in [0, 0.1) is 18.2 Å². The van der Waals surface area contributed by atoms with Crippen molar-refractivity contribution in [3.05, 3.63) is 63.0 Å². The van der Waals surface area contributed by atoms with Crippen LogP contribution < -0.4 is 5.32 Å². The summed E-state index contributed by atoms with van der Waals surface area (Å²) in [6.07, 6.45) is 3.54. The van der Waals surface area contributed by atoms with Gasteiger partial charge >= 0.3 is 11.9 Å². The Bertz CT molecular complexity index is 1480. The molecule has 1 saturated carbocycles. The number of hydrogen-bond donors (Lipinski definition) is 2. The van der Waals surface area contributed by atoms with Crippen LogP contribution in [0.1, 0.15) is 54.8 Å². The van der Waals surface area contributed by atoms with Gasteiger partial charge in [-0.2, -0.15) is 0 Å². The van der Waals surface area contributed by atoms with Crippen LogP contribution in [-0.4, -0.2) is 88.5 Å². The lowest BCUT2D eigenvalue weighted by atomic mass is 9.92. The number of esters is 1. The first-order valence-corrected chi connectivity index (χ1v) is 15.4. The number of thiazole rings is 1. The molecule has 1 aromatic carbocycles. The molecule has 0 unspecified atom stereocenters. The van der Waals surface area contributed by atoms with Crippen LogP contribution in [0.2, 0.25) is 0 Å². The fourth-order valence-corrected chi connectivity index (χ4v) is 7.48. The highest BCUT2D eigenvalue weighted by Gasteiger charge is 2.61. The van der Waals surface area contributed by atoms with Crippen molar-refractivity contribution in [3.63, 3.8) is 0 Å². The lowest BCUT2D eigenvalue weighted by Crippen LogP contribution is -2.47. The van der Waals surface area contributed by atoms with E-state index in [1.165, 1.54) is 17.4 Å². The summed E-state index contributed by atoms with van der Waals surface area (Å²) in [6, 6.07) is 2.10. The van der Waals surface area contributed by atoms with Crippen LogP contribution in [0.5, 0.6) is 0 Å². The molecule has 3 atom stereocenters. The number of fused-ring (bicyclic) bond motifs is 1. The second-order valence-electron chi connectivity index (χ2n) is 11.9. The summed E-state index contributed by atoms with van der Waals surface area (Å²) in [5.41, 5.74) is 0.875. The number of hydrogen-bond acceptors (Lipinski definition) is 9. The topological polar surface area (TPSA) is 107 Å². The molecule has 1 aliphatic carbocycles. The summed E-state index contributed by atoms with van der Waals surface area (Å²) < 4.78 is 51.6. The van der Waals surface area contributed by atoms with E-state index >= 15 is 8.78 Å². The summed E-state index contributed by atoms with van der Waals surface area (Å²) in [5, 5.41) is 14.9. The molecule has 43 heavy (non-hydrogen) atoms. The van der Waals surface area contributed by atoms with E-state index < -0.39 is 53.8 Å². The lowest BCUT2D eigenvalue weighted by molar-refractivity contribution is -0.139. The van der Waals surface area contributed by atoms with Crippen molar-refractivity contribution >= 4 is 29.1 Å². The average Bonchev–Trinajstić information content (AvgIpc) is 3.29. The summed E-state index contributed by atoms with van der Waals surface area (Å²) in [6.45, 7) is 3.64. The molecule has 0 bridgehead atoms. The van der Waals surface area contributed by atoms with Gasteiger partial charge in [0.1, 0.15) is 11.9 Å². The zero-order chi connectivity index (χ0) is 30.5. The second kappa shape index (κ2) is 11.3. The van der Waals surface area contributed by atoms with E-state index in [0.717, 1.165) is 12.8 Å². The highest BCUT2D eigenvalue weighted by atomic mass is 32.1. The van der Waals surface area contributed by atoms with Gasteiger partial charge in [0.15, 0.2) is 10.8 Å². The molecule has 230 valence electrons. The predicted molar refractivity (Wildman–Crippen MR) is 154 cm³/mol. The Balaban J connectivity index is 1.35. The third kappa shape index (κ3) is 5.69. The van der Waals surface area contributed by atoms with Crippen molar-refractivity contribution in [3.8, 4) is 0 Å². The fourth-order valence-electron chi connectivity index (χ4n) is 6.89. The number of aliphatic imine (C=N–C) groups is 1. The lowest BCUT2D eigenvalue weighted by Gasteiger charge is -2.32. The maximum Gasteiger partial charge on any atom is 0.338 e.